The number of hydrogen-bond acceptors (Lipinski definition) is 3. The smallest absolute Gasteiger partial charge is 0.131 e. The lowest BCUT2D eigenvalue weighted by atomic mass is 10.1. The van der Waals surface area contributed by atoms with Gasteiger partial charge in [0.05, 0.1) is 18.4 Å². The predicted molar refractivity (Wildman–Crippen MR) is 77.6 cm³/mol. The Morgan fingerprint density at radius 3 is 2.79 bits per heavy atom. The molecule has 0 N–H and O–H groups in total. The zero-order chi connectivity index (χ0) is 14.0. The van der Waals surface area contributed by atoms with E-state index < -0.39 is 0 Å². The molecule has 0 aliphatic carbocycles. The molecule has 19 heavy (non-hydrogen) atoms. The Balaban J connectivity index is 2.06. The highest BCUT2D eigenvalue weighted by Gasteiger charge is 2.30. The highest BCUT2D eigenvalue weighted by atomic mass is 35.5. The van der Waals surface area contributed by atoms with E-state index in [0.29, 0.717) is 12.1 Å². The minimum atomic E-state index is 0.296. The number of hydrogen-bond donors (Lipinski definition) is 0. The average molecular weight is 286 g/mol. The minimum absolute atomic E-state index is 0.296. The van der Waals surface area contributed by atoms with Gasteiger partial charge in [0.15, 0.2) is 0 Å². The van der Waals surface area contributed by atoms with E-state index in [-0.39, 0.29) is 0 Å². The summed E-state index contributed by atoms with van der Waals surface area (Å²) >= 11 is 6.39. The fourth-order valence-electron chi connectivity index (χ4n) is 2.85. The highest BCUT2D eigenvalue weighted by molar-refractivity contribution is 6.30. The second-order valence-electron chi connectivity index (χ2n) is 5.53. The molecule has 108 valence electrons. The quantitative estimate of drug-likeness (QED) is 0.833. The van der Waals surface area contributed by atoms with Crippen LogP contribution < -0.4 is 0 Å². The fraction of sp³-hybridized carbons (Fsp3) is 0.786. The molecule has 0 radical (unpaired) electrons. The minimum Gasteiger partial charge on any atom is -0.377 e. The van der Waals surface area contributed by atoms with Crippen molar-refractivity contribution >= 4 is 11.6 Å². The fourth-order valence-corrected chi connectivity index (χ4v) is 3.15. The summed E-state index contributed by atoms with van der Waals surface area (Å²) in [5.41, 5.74) is 2.25. The van der Waals surface area contributed by atoms with Gasteiger partial charge in [0.2, 0.25) is 0 Å². The second kappa shape index (κ2) is 6.25. The van der Waals surface area contributed by atoms with Gasteiger partial charge in [0.25, 0.3) is 0 Å². The van der Waals surface area contributed by atoms with Crippen molar-refractivity contribution in [3.05, 3.63) is 16.4 Å². The Bertz CT molecular complexity index is 431. The van der Waals surface area contributed by atoms with Crippen molar-refractivity contribution in [2.75, 3.05) is 19.7 Å². The number of ether oxygens (including phenoxy) is 1. The van der Waals surface area contributed by atoms with E-state index in [2.05, 4.69) is 23.8 Å². The van der Waals surface area contributed by atoms with Crippen LogP contribution in [-0.4, -0.2) is 40.5 Å². The number of nitrogens with zero attached hydrogens (tertiary/aromatic N) is 3. The number of aryl methyl sites for hydroxylation is 2. The maximum Gasteiger partial charge on any atom is 0.131 e. The molecule has 2 rings (SSSR count). The molecule has 1 aromatic rings. The molecular weight excluding hydrogens is 262 g/mol. The average Bonchev–Trinajstić information content (AvgIpc) is 2.85. The van der Waals surface area contributed by atoms with Crippen LogP contribution in [0.1, 0.15) is 44.0 Å². The van der Waals surface area contributed by atoms with Crippen LogP contribution in [0.3, 0.4) is 0 Å². The molecule has 1 aromatic heterocycles. The Hall–Kier alpha value is -0.580. The van der Waals surface area contributed by atoms with Crippen molar-refractivity contribution < 1.29 is 4.74 Å². The molecule has 0 amide bonds. The number of likely N-dealkylation sites (tertiary alicyclic amines) is 1. The molecule has 5 heteroatoms. The normalized spacial score (nSPS) is 20.6. The van der Waals surface area contributed by atoms with E-state index in [4.69, 9.17) is 16.3 Å². The molecule has 0 spiro atoms. The summed E-state index contributed by atoms with van der Waals surface area (Å²) < 4.78 is 7.43. The van der Waals surface area contributed by atoms with Crippen molar-refractivity contribution in [2.24, 2.45) is 7.05 Å². The molecule has 1 fully saturated rings. The first-order valence-electron chi connectivity index (χ1n) is 7.05. The van der Waals surface area contributed by atoms with Gasteiger partial charge in [-0.2, -0.15) is 5.10 Å². The van der Waals surface area contributed by atoms with E-state index in [1.165, 1.54) is 12.0 Å². The van der Waals surface area contributed by atoms with E-state index in [0.717, 1.165) is 37.0 Å². The van der Waals surface area contributed by atoms with E-state index in [9.17, 15) is 0 Å². The molecule has 0 unspecified atom stereocenters. The van der Waals surface area contributed by atoms with Gasteiger partial charge < -0.3 is 4.74 Å². The maximum atomic E-state index is 6.39. The Kier molecular flexibility index (Phi) is 4.87. The summed E-state index contributed by atoms with van der Waals surface area (Å²) in [6, 6.07) is 0.400. The van der Waals surface area contributed by atoms with Crippen LogP contribution in [0.2, 0.25) is 5.15 Å². The Labute approximate surface area is 120 Å². The third kappa shape index (κ3) is 3.30. The Morgan fingerprint density at radius 1 is 1.47 bits per heavy atom. The van der Waals surface area contributed by atoms with Crippen molar-refractivity contribution in [3.63, 3.8) is 0 Å². The van der Waals surface area contributed by atoms with Gasteiger partial charge in [-0.3, -0.25) is 9.58 Å². The molecule has 4 nitrogen and oxygen atoms in total. The molecule has 0 bridgehead atoms. The van der Waals surface area contributed by atoms with Gasteiger partial charge in [0.1, 0.15) is 5.15 Å². The first-order chi connectivity index (χ1) is 9.00. The van der Waals surface area contributed by atoms with Gasteiger partial charge >= 0.3 is 0 Å². The Morgan fingerprint density at radius 2 is 2.21 bits per heavy atom. The molecule has 2 heterocycles. The van der Waals surface area contributed by atoms with Crippen LogP contribution in [0.5, 0.6) is 0 Å². The molecule has 1 aliphatic rings. The van der Waals surface area contributed by atoms with Gasteiger partial charge in [-0.1, -0.05) is 11.6 Å². The largest absolute Gasteiger partial charge is 0.377 e. The summed E-state index contributed by atoms with van der Waals surface area (Å²) in [6.45, 7) is 9.06. The van der Waals surface area contributed by atoms with Crippen LogP contribution >= 0.6 is 11.6 Å². The summed E-state index contributed by atoms with van der Waals surface area (Å²) in [7, 11) is 1.90. The number of rotatable bonds is 5. The molecule has 1 aliphatic heterocycles. The zero-order valence-electron chi connectivity index (χ0n) is 12.3. The maximum absolute atomic E-state index is 6.39. The second-order valence-corrected chi connectivity index (χ2v) is 5.89. The van der Waals surface area contributed by atoms with Crippen molar-refractivity contribution in [1.82, 2.24) is 14.7 Å². The number of halogens is 1. The molecule has 1 saturated heterocycles. The van der Waals surface area contributed by atoms with Crippen LogP contribution in [0, 0.1) is 6.92 Å². The standard InChI is InChI=1S/C14H24ClN3O/c1-10(2)19-9-8-18-7-5-6-12(18)13-11(3)16-17(4)14(13)15/h10,12H,5-9H2,1-4H3/t12-/m1/s1. The van der Waals surface area contributed by atoms with Gasteiger partial charge in [-0.05, 0) is 40.2 Å². The highest BCUT2D eigenvalue weighted by Crippen LogP contribution is 2.37. The molecular formula is C14H24ClN3O. The van der Waals surface area contributed by atoms with Crippen LogP contribution in [0.15, 0.2) is 0 Å². The zero-order valence-corrected chi connectivity index (χ0v) is 13.1. The third-order valence-electron chi connectivity index (χ3n) is 3.72. The van der Waals surface area contributed by atoms with Gasteiger partial charge in [-0.15, -0.1) is 0 Å². The van der Waals surface area contributed by atoms with Gasteiger partial charge in [0, 0.05) is 25.2 Å². The van der Waals surface area contributed by atoms with Crippen molar-refractivity contribution in [1.29, 1.82) is 0 Å². The summed E-state index contributed by atoms with van der Waals surface area (Å²) in [4.78, 5) is 2.47. The summed E-state index contributed by atoms with van der Waals surface area (Å²) in [6.07, 6.45) is 2.68. The van der Waals surface area contributed by atoms with Crippen molar-refractivity contribution in [2.45, 2.75) is 45.8 Å². The summed E-state index contributed by atoms with van der Waals surface area (Å²) in [5, 5.41) is 5.20. The topological polar surface area (TPSA) is 30.3 Å². The van der Waals surface area contributed by atoms with E-state index >= 15 is 0 Å². The summed E-state index contributed by atoms with van der Waals surface area (Å²) in [5.74, 6) is 0. The van der Waals surface area contributed by atoms with Gasteiger partial charge in [-0.25, -0.2) is 0 Å². The first-order valence-corrected chi connectivity index (χ1v) is 7.43. The lowest BCUT2D eigenvalue weighted by Gasteiger charge is -2.25. The number of aromatic nitrogens is 2. The monoisotopic (exact) mass is 285 g/mol. The third-order valence-corrected chi connectivity index (χ3v) is 4.17. The van der Waals surface area contributed by atoms with Crippen molar-refractivity contribution in [3.8, 4) is 0 Å². The SMILES string of the molecule is Cc1nn(C)c(Cl)c1[C@H]1CCCN1CCOC(C)C. The molecule has 1 atom stereocenters. The van der Waals surface area contributed by atoms with E-state index in [1.54, 1.807) is 4.68 Å². The lowest BCUT2D eigenvalue weighted by Crippen LogP contribution is -2.28. The van der Waals surface area contributed by atoms with Crippen LogP contribution in [0.4, 0.5) is 0 Å². The van der Waals surface area contributed by atoms with Crippen LogP contribution in [0.25, 0.3) is 0 Å². The molecule has 0 saturated carbocycles. The predicted octanol–water partition coefficient (Wildman–Crippen LogP) is 2.94. The molecule has 0 aromatic carbocycles. The first kappa shape index (κ1) is 14.8. The van der Waals surface area contributed by atoms with Crippen LogP contribution in [-0.2, 0) is 11.8 Å². The van der Waals surface area contributed by atoms with E-state index in [1.807, 2.05) is 14.0 Å². The lowest BCUT2D eigenvalue weighted by molar-refractivity contribution is 0.0563.